The predicted molar refractivity (Wildman–Crippen MR) is 59.5 cm³/mol. The van der Waals surface area contributed by atoms with Crippen molar-refractivity contribution >= 4 is 5.97 Å². The fourth-order valence-corrected chi connectivity index (χ4v) is 2.00. The lowest BCUT2D eigenvalue weighted by molar-refractivity contribution is -0.0231. The first-order valence-corrected chi connectivity index (χ1v) is 5.66. The van der Waals surface area contributed by atoms with Gasteiger partial charge in [-0.25, -0.2) is 9.48 Å². The van der Waals surface area contributed by atoms with Gasteiger partial charge in [-0.3, -0.25) is 0 Å². The molecule has 6 nitrogen and oxygen atoms in total. The van der Waals surface area contributed by atoms with Gasteiger partial charge < -0.3 is 9.47 Å². The summed E-state index contributed by atoms with van der Waals surface area (Å²) in [6.07, 6.45) is 3.76. The molecular weight excluding hydrogens is 222 g/mol. The van der Waals surface area contributed by atoms with E-state index in [0.29, 0.717) is 6.54 Å². The monoisotopic (exact) mass is 239 g/mol. The summed E-state index contributed by atoms with van der Waals surface area (Å²) in [5, 5.41) is 7.63. The van der Waals surface area contributed by atoms with E-state index in [1.54, 1.807) is 10.9 Å². The second-order valence-electron chi connectivity index (χ2n) is 4.86. The maximum absolute atomic E-state index is 11.2. The Bertz CT molecular complexity index is 414. The Hall–Kier alpha value is -1.43. The van der Waals surface area contributed by atoms with Gasteiger partial charge in [0.15, 0.2) is 5.69 Å². The zero-order chi connectivity index (χ0) is 12.5. The largest absolute Gasteiger partial charge is 0.464 e. The molecule has 2 rings (SSSR count). The first-order chi connectivity index (χ1) is 8.00. The van der Waals surface area contributed by atoms with Crippen LogP contribution in [0.25, 0.3) is 0 Å². The number of rotatable bonds is 3. The Morgan fingerprint density at radius 3 is 3.06 bits per heavy atom. The van der Waals surface area contributed by atoms with Crippen molar-refractivity contribution in [3.8, 4) is 0 Å². The number of nitrogens with zero attached hydrogens (tertiary/aromatic N) is 3. The summed E-state index contributed by atoms with van der Waals surface area (Å²) in [5.41, 5.74) is 0.168. The third-order valence-electron chi connectivity index (χ3n) is 2.88. The van der Waals surface area contributed by atoms with Crippen LogP contribution in [0, 0.1) is 0 Å². The normalized spacial score (nSPS) is 22.6. The molecule has 1 aliphatic rings. The highest BCUT2D eigenvalue weighted by atomic mass is 16.5. The second kappa shape index (κ2) is 4.44. The van der Waals surface area contributed by atoms with Crippen molar-refractivity contribution in [3.63, 3.8) is 0 Å². The van der Waals surface area contributed by atoms with E-state index in [2.05, 4.69) is 28.9 Å². The molecule has 0 saturated carbocycles. The van der Waals surface area contributed by atoms with Crippen LogP contribution in [0.5, 0.6) is 0 Å². The minimum atomic E-state index is -0.469. The number of methoxy groups -OCH3 is 1. The molecule has 0 radical (unpaired) electrons. The lowest BCUT2D eigenvalue weighted by atomic mass is 10.1. The van der Waals surface area contributed by atoms with Gasteiger partial charge in [0.2, 0.25) is 0 Å². The number of hydrogen-bond donors (Lipinski definition) is 0. The Labute approximate surface area is 99.9 Å². The minimum absolute atomic E-state index is 0.0591. The van der Waals surface area contributed by atoms with Gasteiger partial charge in [-0.1, -0.05) is 5.21 Å². The number of esters is 1. The highest BCUT2D eigenvalue weighted by molar-refractivity contribution is 5.86. The number of aromatic nitrogens is 3. The van der Waals surface area contributed by atoms with Crippen LogP contribution in [-0.4, -0.2) is 39.8 Å². The SMILES string of the molecule is COC(=O)c1cn(CC2CCC(C)(C)O2)nn1. The quantitative estimate of drug-likeness (QED) is 0.737. The molecule has 0 aliphatic carbocycles. The zero-order valence-corrected chi connectivity index (χ0v) is 10.3. The molecule has 0 amide bonds. The van der Waals surface area contributed by atoms with Gasteiger partial charge in [0.25, 0.3) is 0 Å². The van der Waals surface area contributed by atoms with Crippen LogP contribution in [0.1, 0.15) is 37.2 Å². The highest BCUT2D eigenvalue weighted by Crippen LogP contribution is 2.29. The van der Waals surface area contributed by atoms with Crippen molar-refractivity contribution in [2.24, 2.45) is 0 Å². The first kappa shape index (κ1) is 12.0. The van der Waals surface area contributed by atoms with E-state index in [4.69, 9.17) is 4.74 Å². The van der Waals surface area contributed by atoms with Crippen molar-refractivity contribution in [3.05, 3.63) is 11.9 Å². The van der Waals surface area contributed by atoms with Crippen LogP contribution in [-0.2, 0) is 16.0 Å². The lowest BCUT2D eigenvalue weighted by Gasteiger charge is -2.18. The third-order valence-corrected chi connectivity index (χ3v) is 2.88. The summed E-state index contributed by atoms with van der Waals surface area (Å²) in [4.78, 5) is 11.2. The van der Waals surface area contributed by atoms with E-state index in [1.165, 1.54) is 7.11 Å². The van der Waals surface area contributed by atoms with E-state index in [9.17, 15) is 4.79 Å². The van der Waals surface area contributed by atoms with Crippen molar-refractivity contribution < 1.29 is 14.3 Å². The molecule has 6 heteroatoms. The number of ether oxygens (including phenoxy) is 2. The molecular formula is C11H17N3O3. The molecule has 0 aromatic carbocycles. The highest BCUT2D eigenvalue weighted by Gasteiger charge is 2.32. The van der Waals surface area contributed by atoms with E-state index < -0.39 is 5.97 Å². The van der Waals surface area contributed by atoms with E-state index >= 15 is 0 Å². The number of carbonyl (C=O) groups excluding carboxylic acids is 1. The summed E-state index contributed by atoms with van der Waals surface area (Å²) in [7, 11) is 1.32. The number of carbonyl (C=O) groups is 1. The van der Waals surface area contributed by atoms with Crippen LogP contribution in [0.4, 0.5) is 0 Å². The molecule has 0 spiro atoms. The second-order valence-corrected chi connectivity index (χ2v) is 4.86. The Morgan fingerprint density at radius 2 is 2.47 bits per heavy atom. The zero-order valence-electron chi connectivity index (χ0n) is 10.3. The Kier molecular flexibility index (Phi) is 3.15. The smallest absolute Gasteiger partial charge is 0.360 e. The van der Waals surface area contributed by atoms with Gasteiger partial charge in [-0.15, -0.1) is 5.10 Å². The Balaban J connectivity index is 1.96. The number of hydrogen-bond acceptors (Lipinski definition) is 5. The topological polar surface area (TPSA) is 66.2 Å². The molecule has 94 valence electrons. The molecule has 1 atom stereocenters. The van der Waals surface area contributed by atoms with Crippen LogP contribution in [0.15, 0.2) is 6.20 Å². The molecule has 0 bridgehead atoms. The maximum Gasteiger partial charge on any atom is 0.360 e. The molecule has 1 fully saturated rings. The van der Waals surface area contributed by atoms with Crippen molar-refractivity contribution in [2.45, 2.75) is 44.9 Å². The third kappa shape index (κ3) is 2.82. The predicted octanol–water partition coefficient (Wildman–Crippen LogP) is 1.02. The summed E-state index contributed by atoms with van der Waals surface area (Å²) in [5.74, 6) is -0.469. The van der Waals surface area contributed by atoms with Gasteiger partial charge >= 0.3 is 5.97 Å². The average Bonchev–Trinajstić information content (AvgIpc) is 2.85. The fourth-order valence-electron chi connectivity index (χ4n) is 2.00. The average molecular weight is 239 g/mol. The van der Waals surface area contributed by atoms with Gasteiger partial charge in [-0.05, 0) is 26.7 Å². The van der Waals surface area contributed by atoms with Crippen LogP contribution >= 0.6 is 0 Å². The van der Waals surface area contributed by atoms with E-state index in [0.717, 1.165) is 12.8 Å². The fraction of sp³-hybridized carbons (Fsp3) is 0.727. The summed E-state index contributed by atoms with van der Waals surface area (Å²) >= 11 is 0. The van der Waals surface area contributed by atoms with Gasteiger partial charge in [0, 0.05) is 0 Å². The molecule has 1 aromatic rings. The molecule has 1 aromatic heterocycles. The van der Waals surface area contributed by atoms with Crippen LogP contribution in [0.2, 0.25) is 0 Å². The van der Waals surface area contributed by atoms with Crippen molar-refractivity contribution in [2.75, 3.05) is 7.11 Å². The van der Waals surface area contributed by atoms with Gasteiger partial charge in [0.1, 0.15) is 0 Å². The molecule has 0 N–H and O–H groups in total. The molecule has 2 heterocycles. The maximum atomic E-state index is 11.2. The summed E-state index contributed by atoms with van der Waals surface area (Å²) in [6, 6.07) is 0. The van der Waals surface area contributed by atoms with E-state index in [1.807, 2.05) is 0 Å². The lowest BCUT2D eigenvalue weighted by Crippen LogP contribution is -2.23. The minimum Gasteiger partial charge on any atom is -0.464 e. The van der Waals surface area contributed by atoms with E-state index in [-0.39, 0.29) is 17.4 Å². The first-order valence-electron chi connectivity index (χ1n) is 5.66. The van der Waals surface area contributed by atoms with Crippen molar-refractivity contribution in [1.82, 2.24) is 15.0 Å². The molecule has 1 aliphatic heterocycles. The van der Waals surface area contributed by atoms with Gasteiger partial charge in [0.05, 0.1) is 31.6 Å². The van der Waals surface area contributed by atoms with Crippen LogP contribution < -0.4 is 0 Å². The molecule has 1 unspecified atom stereocenters. The summed E-state index contributed by atoms with van der Waals surface area (Å²) in [6.45, 7) is 4.77. The van der Waals surface area contributed by atoms with Crippen LogP contribution in [0.3, 0.4) is 0 Å². The summed E-state index contributed by atoms with van der Waals surface area (Å²) < 4.78 is 12.0. The van der Waals surface area contributed by atoms with Crippen molar-refractivity contribution in [1.29, 1.82) is 0 Å². The molecule has 1 saturated heterocycles. The Morgan fingerprint density at radius 1 is 1.71 bits per heavy atom. The van der Waals surface area contributed by atoms with Gasteiger partial charge in [-0.2, -0.15) is 0 Å². The standard InChI is InChI=1S/C11H17N3O3/c1-11(2)5-4-8(17-11)6-14-7-9(12-13-14)10(15)16-3/h7-8H,4-6H2,1-3H3. The molecule has 17 heavy (non-hydrogen) atoms.